The Labute approximate surface area is 70.4 Å². The molecule has 0 fully saturated rings. The van der Waals surface area contributed by atoms with Gasteiger partial charge in [0.05, 0.1) is 4.88 Å². The highest BCUT2D eigenvalue weighted by Crippen LogP contribution is 2.15. The van der Waals surface area contributed by atoms with E-state index in [2.05, 4.69) is 0 Å². The zero-order valence-corrected chi connectivity index (χ0v) is 7.44. The van der Waals surface area contributed by atoms with E-state index in [9.17, 15) is 4.79 Å². The molecule has 0 amide bonds. The zero-order valence-electron chi connectivity index (χ0n) is 6.63. The van der Waals surface area contributed by atoms with Crippen molar-refractivity contribution in [3.63, 3.8) is 0 Å². The van der Waals surface area contributed by atoms with Crippen molar-refractivity contribution in [2.45, 2.75) is 13.8 Å². The SMILES string of the molecule is C/C=C\C(=O)c1ccc(C)s1. The molecule has 0 aliphatic rings. The number of rotatable bonds is 2. The number of aryl methyl sites for hydroxylation is 1. The van der Waals surface area contributed by atoms with E-state index in [1.165, 1.54) is 16.2 Å². The van der Waals surface area contributed by atoms with E-state index >= 15 is 0 Å². The van der Waals surface area contributed by atoms with E-state index in [0.717, 1.165) is 4.88 Å². The lowest BCUT2D eigenvalue weighted by Crippen LogP contribution is -1.87. The van der Waals surface area contributed by atoms with Crippen LogP contribution in [0.4, 0.5) is 0 Å². The Morgan fingerprint density at radius 3 is 2.73 bits per heavy atom. The summed E-state index contributed by atoms with van der Waals surface area (Å²) in [6, 6.07) is 3.82. The fourth-order valence-electron chi connectivity index (χ4n) is 0.800. The highest BCUT2D eigenvalue weighted by atomic mass is 32.1. The van der Waals surface area contributed by atoms with E-state index in [4.69, 9.17) is 0 Å². The summed E-state index contributed by atoms with van der Waals surface area (Å²) in [6.45, 7) is 3.84. The topological polar surface area (TPSA) is 17.1 Å². The number of hydrogen-bond acceptors (Lipinski definition) is 2. The fraction of sp³-hybridized carbons (Fsp3) is 0.222. The third-order valence-electron chi connectivity index (χ3n) is 1.30. The van der Waals surface area contributed by atoms with Gasteiger partial charge in [0.15, 0.2) is 5.78 Å². The second-order valence-corrected chi connectivity index (χ2v) is 3.56. The number of thiophene rings is 1. The van der Waals surface area contributed by atoms with E-state index in [0.29, 0.717) is 0 Å². The molecule has 0 aliphatic carbocycles. The quantitative estimate of drug-likeness (QED) is 0.487. The van der Waals surface area contributed by atoms with E-state index in [1.807, 2.05) is 26.0 Å². The van der Waals surface area contributed by atoms with E-state index < -0.39 is 0 Å². The van der Waals surface area contributed by atoms with Crippen molar-refractivity contribution in [1.82, 2.24) is 0 Å². The van der Waals surface area contributed by atoms with Crippen molar-refractivity contribution in [2.24, 2.45) is 0 Å². The van der Waals surface area contributed by atoms with Crippen LogP contribution >= 0.6 is 11.3 Å². The average Bonchev–Trinajstić information content (AvgIpc) is 2.36. The summed E-state index contributed by atoms with van der Waals surface area (Å²) in [5.74, 6) is 0.102. The number of hydrogen-bond donors (Lipinski definition) is 0. The Bertz CT molecular complexity index is 284. The minimum Gasteiger partial charge on any atom is -0.288 e. The molecule has 0 bridgehead atoms. The molecule has 0 spiro atoms. The molecule has 1 aromatic heterocycles. The average molecular weight is 166 g/mol. The predicted octanol–water partition coefficient (Wildman–Crippen LogP) is 2.82. The largest absolute Gasteiger partial charge is 0.288 e. The molecule has 1 heterocycles. The van der Waals surface area contributed by atoms with Crippen LogP contribution in [0.5, 0.6) is 0 Å². The minimum absolute atomic E-state index is 0.102. The molecule has 0 unspecified atom stereocenters. The van der Waals surface area contributed by atoms with Crippen molar-refractivity contribution in [1.29, 1.82) is 0 Å². The van der Waals surface area contributed by atoms with Gasteiger partial charge in [0.25, 0.3) is 0 Å². The van der Waals surface area contributed by atoms with Crippen molar-refractivity contribution >= 4 is 17.1 Å². The molecule has 0 N–H and O–H groups in total. The maximum absolute atomic E-state index is 11.2. The van der Waals surface area contributed by atoms with Crippen molar-refractivity contribution < 1.29 is 4.79 Å². The fourth-order valence-corrected chi connectivity index (χ4v) is 1.59. The van der Waals surface area contributed by atoms with E-state index in [-0.39, 0.29) is 5.78 Å². The molecule has 1 nitrogen and oxygen atoms in total. The van der Waals surface area contributed by atoms with Gasteiger partial charge in [-0.25, -0.2) is 0 Å². The summed E-state index contributed by atoms with van der Waals surface area (Å²) in [7, 11) is 0. The van der Waals surface area contributed by atoms with Crippen molar-refractivity contribution in [3.05, 3.63) is 34.0 Å². The molecule has 0 aromatic carbocycles. The van der Waals surface area contributed by atoms with Crippen LogP contribution in [0.25, 0.3) is 0 Å². The van der Waals surface area contributed by atoms with E-state index in [1.54, 1.807) is 12.2 Å². The third kappa shape index (κ3) is 2.02. The molecule has 0 atom stereocenters. The molecule has 11 heavy (non-hydrogen) atoms. The third-order valence-corrected chi connectivity index (χ3v) is 2.32. The molecule has 0 saturated heterocycles. The van der Waals surface area contributed by atoms with Gasteiger partial charge in [-0.1, -0.05) is 6.08 Å². The summed E-state index contributed by atoms with van der Waals surface area (Å²) < 4.78 is 0. The normalized spacial score (nSPS) is 10.7. The summed E-state index contributed by atoms with van der Waals surface area (Å²) in [5, 5.41) is 0. The van der Waals surface area contributed by atoms with Crippen molar-refractivity contribution in [3.8, 4) is 0 Å². The van der Waals surface area contributed by atoms with Gasteiger partial charge in [0.1, 0.15) is 0 Å². The number of carbonyl (C=O) groups excluding carboxylic acids is 1. The second kappa shape index (κ2) is 3.49. The maximum atomic E-state index is 11.2. The molecular formula is C9H10OS. The standard InChI is InChI=1S/C9H10OS/c1-3-4-8(10)9-6-5-7(2)11-9/h3-6H,1-2H3/b4-3-. The van der Waals surface area contributed by atoms with Crippen molar-refractivity contribution in [2.75, 3.05) is 0 Å². The molecule has 58 valence electrons. The number of carbonyl (C=O) groups is 1. The molecule has 1 aromatic rings. The van der Waals surface area contributed by atoms with Gasteiger partial charge in [-0.2, -0.15) is 0 Å². The summed E-state index contributed by atoms with van der Waals surface area (Å²) in [5.41, 5.74) is 0. The highest BCUT2D eigenvalue weighted by molar-refractivity contribution is 7.14. The Hall–Kier alpha value is -0.890. The number of ketones is 1. The molecule has 1 rings (SSSR count). The lowest BCUT2D eigenvalue weighted by molar-refractivity contribution is 0.105. The smallest absolute Gasteiger partial charge is 0.195 e. The second-order valence-electron chi connectivity index (χ2n) is 2.27. The highest BCUT2D eigenvalue weighted by Gasteiger charge is 2.02. The molecule has 0 aliphatic heterocycles. The lowest BCUT2D eigenvalue weighted by Gasteiger charge is -1.84. The van der Waals surface area contributed by atoms with Crippen LogP contribution in [-0.2, 0) is 0 Å². The van der Waals surface area contributed by atoms with Crippen LogP contribution in [0, 0.1) is 6.92 Å². The summed E-state index contributed by atoms with van der Waals surface area (Å²) >= 11 is 1.53. The van der Waals surface area contributed by atoms with Crippen LogP contribution in [0.3, 0.4) is 0 Å². The predicted molar refractivity (Wildman–Crippen MR) is 48.2 cm³/mol. The maximum Gasteiger partial charge on any atom is 0.195 e. The van der Waals surface area contributed by atoms with Crippen LogP contribution in [-0.4, -0.2) is 5.78 Å². The Morgan fingerprint density at radius 2 is 2.27 bits per heavy atom. The Kier molecular flexibility index (Phi) is 2.60. The van der Waals surface area contributed by atoms with Gasteiger partial charge in [-0.15, -0.1) is 11.3 Å². The monoisotopic (exact) mass is 166 g/mol. The van der Waals surface area contributed by atoms with Gasteiger partial charge in [0, 0.05) is 4.88 Å². The molecular weight excluding hydrogens is 156 g/mol. The first kappa shape index (κ1) is 8.21. The van der Waals surface area contributed by atoms with Gasteiger partial charge < -0.3 is 0 Å². The van der Waals surface area contributed by atoms with Crippen LogP contribution in [0.1, 0.15) is 21.5 Å². The first-order chi connectivity index (χ1) is 5.24. The van der Waals surface area contributed by atoms with Gasteiger partial charge >= 0.3 is 0 Å². The van der Waals surface area contributed by atoms with Crippen LogP contribution in [0.2, 0.25) is 0 Å². The Balaban J connectivity index is 2.85. The lowest BCUT2D eigenvalue weighted by atomic mass is 10.3. The first-order valence-corrected chi connectivity index (χ1v) is 4.29. The first-order valence-electron chi connectivity index (χ1n) is 3.47. The van der Waals surface area contributed by atoms with Gasteiger partial charge in [-0.05, 0) is 32.1 Å². The van der Waals surface area contributed by atoms with Crippen LogP contribution < -0.4 is 0 Å². The molecule has 0 saturated carbocycles. The van der Waals surface area contributed by atoms with Gasteiger partial charge in [0.2, 0.25) is 0 Å². The summed E-state index contributed by atoms with van der Waals surface area (Å²) in [6.07, 6.45) is 3.35. The summed E-state index contributed by atoms with van der Waals surface area (Å²) in [4.78, 5) is 13.2. The molecule has 2 heteroatoms. The zero-order chi connectivity index (χ0) is 8.27. The minimum atomic E-state index is 0.102. The Morgan fingerprint density at radius 1 is 1.55 bits per heavy atom. The number of allylic oxidation sites excluding steroid dienone is 2. The van der Waals surface area contributed by atoms with Crippen LogP contribution in [0.15, 0.2) is 24.3 Å². The molecule has 0 radical (unpaired) electrons. The van der Waals surface area contributed by atoms with Gasteiger partial charge in [-0.3, -0.25) is 4.79 Å².